The van der Waals surface area contributed by atoms with E-state index in [0.29, 0.717) is 19.6 Å². The Morgan fingerprint density at radius 1 is 1.38 bits per heavy atom. The number of fused-ring (bicyclic) bond motifs is 1. The number of amides is 1. The molecular weight excluding hydrogens is 447 g/mol. The van der Waals surface area contributed by atoms with Crippen molar-refractivity contribution in [2.75, 3.05) is 33.8 Å². The molecular formula is C18H25IN4O3. The van der Waals surface area contributed by atoms with Crippen molar-refractivity contribution < 1.29 is 14.6 Å². The van der Waals surface area contributed by atoms with E-state index in [1.807, 2.05) is 11.7 Å². The Hall–Kier alpha value is -1.39. The third-order valence-electron chi connectivity index (χ3n) is 4.74. The van der Waals surface area contributed by atoms with Crippen LogP contribution in [0.4, 0.5) is 4.79 Å². The minimum Gasteiger partial charge on any atom is -0.465 e. The van der Waals surface area contributed by atoms with Gasteiger partial charge in [-0.3, -0.25) is 4.90 Å². The molecule has 0 bridgehead atoms. The van der Waals surface area contributed by atoms with E-state index in [-0.39, 0.29) is 6.23 Å². The van der Waals surface area contributed by atoms with Gasteiger partial charge in [-0.1, -0.05) is 0 Å². The van der Waals surface area contributed by atoms with Gasteiger partial charge in [-0.25, -0.2) is 9.48 Å². The zero-order chi connectivity index (χ0) is 18.7. The topological polar surface area (TPSA) is 70.8 Å². The van der Waals surface area contributed by atoms with Gasteiger partial charge >= 0.3 is 6.09 Å². The summed E-state index contributed by atoms with van der Waals surface area (Å²) in [7, 11) is 3.58. The van der Waals surface area contributed by atoms with Crippen molar-refractivity contribution in [2.45, 2.75) is 32.0 Å². The number of halogens is 1. The lowest BCUT2D eigenvalue weighted by molar-refractivity contribution is -0.0370. The summed E-state index contributed by atoms with van der Waals surface area (Å²) < 4.78 is 9.14. The lowest BCUT2D eigenvalue weighted by Crippen LogP contribution is -2.33. The molecule has 0 aliphatic carbocycles. The lowest BCUT2D eigenvalue weighted by atomic mass is 10.1. The number of hydrogen-bond donors (Lipinski definition) is 1. The predicted octanol–water partition coefficient (Wildman–Crippen LogP) is 3.38. The first-order valence-corrected chi connectivity index (χ1v) is 9.94. The molecule has 0 spiro atoms. The van der Waals surface area contributed by atoms with Crippen LogP contribution in [-0.2, 0) is 11.3 Å². The second-order valence-electron chi connectivity index (χ2n) is 6.82. The van der Waals surface area contributed by atoms with E-state index in [4.69, 9.17) is 14.9 Å². The number of rotatable bonds is 6. The van der Waals surface area contributed by atoms with E-state index in [1.54, 1.807) is 7.05 Å². The van der Waals surface area contributed by atoms with Crippen molar-refractivity contribution in [2.24, 2.45) is 0 Å². The van der Waals surface area contributed by atoms with Crippen LogP contribution in [0.5, 0.6) is 0 Å². The molecule has 1 unspecified atom stereocenters. The normalized spacial score (nSPS) is 17.8. The molecule has 1 atom stereocenters. The number of benzene rings is 1. The Morgan fingerprint density at radius 3 is 2.88 bits per heavy atom. The summed E-state index contributed by atoms with van der Waals surface area (Å²) in [5, 5.41) is 15.0. The summed E-state index contributed by atoms with van der Waals surface area (Å²) in [6, 6.07) is 6.37. The van der Waals surface area contributed by atoms with E-state index in [0.717, 1.165) is 42.5 Å². The minimum atomic E-state index is -0.905. The Morgan fingerprint density at radius 2 is 2.19 bits per heavy atom. The van der Waals surface area contributed by atoms with E-state index in [2.05, 4.69) is 45.7 Å². The average Bonchev–Trinajstić information content (AvgIpc) is 2.98. The molecule has 1 fully saturated rings. The Labute approximate surface area is 167 Å². The molecule has 1 aliphatic heterocycles. The highest BCUT2D eigenvalue weighted by Crippen LogP contribution is 2.29. The van der Waals surface area contributed by atoms with Crippen molar-refractivity contribution in [3.8, 4) is 0 Å². The number of aromatic nitrogens is 2. The SMILES string of the molecule is CN(CCN(C)C(=O)O)Cc1nn(C2CCCCO2)c2ccc(I)cc12. The van der Waals surface area contributed by atoms with Crippen LogP contribution in [0.2, 0.25) is 0 Å². The standard InChI is InChI=1S/C18H25IN4O3/c1-21(8-9-22(2)18(24)25)12-15-14-11-13(19)6-7-16(14)23(20-15)17-5-3-4-10-26-17/h6-7,11,17H,3-5,8-10,12H2,1-2H3,(H,24,25). The molecule has 3 rings (SSSR count). The van der Waals surface area contributed by atoms with Gasteiger partial charge in [-0.15, -0.1) is 0 Å². The number of nitrogens with zero attached hydrogens (tertiary/aromatic N) is 4. The Balaban J connectivity index is 1.80. The highest BCUT2D eigenvalue weighted by atomic mass is 127. The van der Waals surface area contributed by atoms with Gasteiger partial charge in [0.1, 0.15) is 0 Å². The van der Waals surface area contributed by atoms with Crippen molar-refractivity contribution in [3.05, 3.63) is 27.5 Å². The quantitative estimate of drug-likeness (QED) is 0.653. The number of hydrogen-bond acceptors (Lipinski definition) is 4. The van der Waals surface area contributed by atoms with Crippen LogP contribution >= 0.6 is 22.6 Å². The van der Waals surface area contributed by atoms with E-state index >= 15 is 0 Å². The smallest absolute Gasteiger partial charge is 0.407 e. The molecule has 0 saturated carbocycles. The largest absolute Gasteiger partial charge is 0.465 e. The van der Waals surface area contributed by atoms with E-state index < -0.39 is 6.09 Å². The first kappa shape index (κ1) is 19.4. The zero-order valence-electron chi connectivity index (χ0n) is 15.2. The molecule has 1 aromatic carbocycles. The fourth-order valence-electron chi connectivity index (χ4n) is 3.18. The molecule has 2 aromatic rings. The number of ether oxygens (including phenoxy) is 1. The van der Waals surface area contributed by atoms with Crippen molar-refractivity contribution in [1.29, 1.82) is 0 Å². The van der Waals surface area contributed by atoms with Crippen LogP contribution in [0.1, 0.15) is 31.2 Å². The van der Waals surface area contributed by atoms with Crippen LogP contribution in [0, 0.1) is 3.57 Å². The van der Waals surface area contributed by atoms with Crippen LogP contribution in [0.15, 0.2) is 18.2 Å². The first-order valence-electron chi connectivity index (χ1n) is 8.86. The molecule has 7 nitrogen and oxygen atoms in total. The van der Waals surface area contributed by atoms with Gasteiger partial charge in [0.2, 0.25) is 0 Å². The van der Waals surface area contributed by atoms with Crippen molar-refractivity contribution in [3.63, 3.8) is 0 Å². The van der Waals surface area contributed by atoms with Gasteiger partial charge in [0, 0.05) is 42.2 Å². The highest BCUT2D eigenvalue weighted by Gasteiger charge is 2.21. The summed E-state index contributed by atoms with van der Waals surface area (Å²) in [4.78, 5) is 14.3. The molecule has 8 heteroatoms. The molecule has 0 radical (unpaired) electrons. The number of likely N-dealkylation sites (N-methyl/N-ethyl adjacent to an activating group) is 2. The Bertz CT molecular complexity index is 773. The zero-order valence-corrected chi connectivity index (χ0v) is 17.3. The van der Waals surface area contributed by atoms with Crippen molar-refractivity contribution >= 4 is 39.6 Å². The van der Waals surface area contributed by atoms with Gasteiger partial charge in [0.05, 0.1) is 11.2 Å². The molecule has 26 heavy (non-hydrogen) atoms. The summed E-state index contributed by atoms with van der Waals surface area (Å²) >= 11 is 2.32. The summed E-state index contributed by atoms with van der Waals surface area (Å²) in [6.07, 6.45) is 2.36. The molecule has 1 N–H and O–H groups in total. The molecule has 1 saturated heterocycles. The van der Waals surface area contributed by atoms with Crippen LogP contribution < -0.4 is 0 Å². The van der Waals surface area contributed by atoms with Gasteiger partial charge in [-0.05, 0) is 67.1 Å². The van der Waals surface area contributed by atoms with Crippen LogP contribution in [-0.4, -0.2) is 64.6 Å². The number of carbonyl (C=O) groups is 1. The van der Waals surface area contributed by atoms with Crippen LogP contribution in [0.25, 0.3) is 10.9 Å². The second-order valence-corrected chi connectivity index (χ2v) is 8.06. The molecule has 1 aliphatic rings. The predicted molar refractivity (Wildman–Crippen MR) is 108 cm³/mol. The first-order chi connectivity index (χ1) is 12.5. The van der Waals surface area contributed by atoms with Gasteiger partial charge in [-0.2, -0.15) is 5.10 Å². The van der Waals surface area contributed by atoms with Crippen molar-refractivity contribution in [1.82, 2.24) is 19.6 Å². The molecule has 142 valence electrons. The minimum absolute atomic E-state index is 0.00325. The summed E-state index contributed by atoms with van der Waals surface area (Å²) in [5.74, 6) is 0. The lowest BCUT2D eigenvalue weighted by Gasteiger charge is -2.23. The maximum absolute atomic E-state index is 10.9. The second kappa shape index (κ2) is 8.53. The molecule has 1 amide bonds. The third-order valence-corrected chi connectivity index (χ3v) is 5.41. The van der Waals surface area contributed by atoms with Gasteiger partial charge in [0.25, 0.3) is 0 Å². The fraction of sp³-hybridized carbons (Fsp3) is 0.556. The third kappa shape index (κ3) is 4.47. The maximum Gasteiger partial charge on any atom is 0.407 e. The van der Waals surface area contributed by atoms with Gasteiger partial charge in [0.15, 0.2) is 6.23 Å². The molecule has 2 heterocycles. The monoisotopic (exact) mass is 472 g/mol. The fourth-order valence-corrected chi connectivity index (χ4v) is 3.67. The van der Waals surface area contributed by atoms with Crippen LogP contribution in [0.3, 0.4) is 0 Å². The number of carboxylic acid groups (broad SMARTS) is 1. The van der Waals surface area contributed by atoms with E-state index in [9.17, 15) is 4.79 Å². The van der Waals surface area contributed by atoms with E-state index in [1.165, 1.54) is 8.47 Å². The van der Waals surface area contributed by atoms with Gasteiger partial charge < -0.3 is 14.7 Å². The summed E-state index contributed by atoms with van der Waals surface area (Å²) in [5.41, 5.74) is 2.11. The maximum atomic E-state index is 10.9. The average molecular weight is 472 g/mol. The molecule has 1 aromatic heterocycles. The highest BCUT2D eigenvalue weighted by molar-refractivity contribution is 14.1. The Kier molecular flexibility index (Phi) is 6.36. The summed E-state index contributed by atoms with van der Waals surface area (Å²) in [6.45, 7) is 2.58.